The normalized spacial score (nSPS) is 19.5. The molecule has 1 spiro atoms. The number of nitrogens with zero attached hydrogens (tertiary/aromatic N) is 1. The molecule has 1 aromatic heterocycles. The van der Waals surface area contributed by atoms with E-state index in [9.17, 15) is 9.90 Å². The summed E-state index contributed by atoms with van der Waals surface area (Å²) in [5.41, 5.74) is 2.67. The summed E-state index contributed by atoms with van der Waals surface area (Å²) in [5.74, 6) is 0.00399. The lowest BCUT2D eigenvalue weighted by Crippen LogP contribution is -2.46. The van der Waals surface area contributed by atoms with Gasteiger partial charge < -0.3 is 10.4 Å². The van der Waals surface area contributed by atoms with Crippen molar-refractivity contribution in [3.8, 4) is 10.6 Å². The maximum absolute atomic E-state index is 12.6. The highest BCUT2D eigenvalue weighted by Crippen LogP contribution is 2.42. The van der Waals surface area contributed by atoms with Crippen molar-refractivity contribution in [2.24, 2.45) is 0 Å². The van der Waals surface area contributed by atoms with Crippen LogP contribution < -0.4 is 5.32 Å². The Morgan fingerprint density at radius 2 is 1.80 bits per heavy atom. The first kappa shape index (κ1) is 16.3. The topological polar surface area (TPSA) is 62.2 Å². The maximum atomic E-state index is 12.6. The van der Waals surface area contributed by atoms with Gasteiger partial charge in [-0.2, -0.15) is 0 Å². The maximum Gasteiger partial charge on any atom is 0.257 e. The Kier molecular flexibility index (Phi) is 3.91. The number of rotatable bonds is 2. The molecule has 25 heavy (non-hydrogen) atoms. The van der Waals surface area contributed by atoms with Crippen LogP contribution in [0.5, 0.6) is 0 Å². The molecule has 0 bridgehead atoms. The number of amides is 1. The number of nitrogens with one attached hydrogen (secondary N) is 1. The number of thiazole rings is 1. The number of hydrogen-bond acceptors (Lipinski definition) is 4. The van der Waals surface area contributed by atoms with Crippen molar-refractivity contribution in [1.82, 2.24) is 10.3 Å². The Morgan fingerprint density at radius 1 is 1.12 bits per heavy atom. The zero-order valence-electron chi connectivity index (χ0n) is 14.6. The molecule has 4 nitrogen and oxygen atoms in total. The third-order valence-corrected chi connectivity index (χ3v) is 6.33. The van der Waals surface area contributed by atoms with Crippen molar-refractivity contribution in [3.63, 3.8) is 0 Å². The summed E-state index contributed by atoms with van der Waals surface area (Å²) >= 11 is 1.56. The molecular formula is C20H22N2O2S. The van der Waals surface area contributed by atoms with Crippen LogP contribution in [0, 0.1) is 13.8 Å². The van der Waals surface area contributed by atoms with Gasteiger partial charge in [-0.15, -0.1) is 11.3 Å². The van der Waals surface area contributed by atoms with E-state index in [1.54, 1.807) is 11.3 Å². The highest BCUT2D eigenvalue weighted by atomic mass is 32.1. The molecular weight excluding hydrogens is 332 g/mol. The smallest absolute Gasteiger partial charge is 0.257 e. The van der Waals surface area contributed by atoms with Crippen LogP contribution in [-0.4, -0.2) is 21.5 Å². The molecule has 1 aliphatic carbocycles. The molecule has 0 atom stereocenters. The summed E-state index contributed by atoms with van der Waals surface area (Å²) in [7, 11) is 0. The van der Waals surface area contributed by atoms with E-state index in [0.29, 0.717) is 11.3 Å². The fourth-order valence-corrected chi connectivity index (χ4v) is 4.80. The van der Waals surface area contributed by atoms with Gasteiger partial charge in [-0.05, 0) is 26.7 Å². The van der Waals surface area contributed by atoms with E-state index >= 15 is 0 Å². The summed E-state index contributed by atoms with van der Waals surface area (Å²) in [6.07, 6.45) is 4.84. The monoisotopic (exact) mass is 354 g/mol. The van der Waals surface area contributed by atoms with E-state index in [1.165, 1.54) is 5.56 Å². The van der Waals surface area contributed by atoms with Gasteiger partial charge in [0.05, 0.1) is 11.2 Å². The van der Waals surface area contributed by atoms with Crippen molar-refractivity contribution in [3.05, 3.63) is 46.2 Å². The second-order valence-corrected chi connectivity index (χ2v) is 8.31. The van der Waals surface area contributed by atoms with Crippen molar-refractivity contribution in [2.45, 2.75) is 51.5 Å². The molecule has 5 heteroatoms. The molecule has 2 heterocycles. The van der Waals surface area contributed by atoms with Crippen molar-refractivity contribution < 1.29 is 9.90 Å². The Hall–Kier alpha value is -2.14. The minimum Gasteiger partial charge on any atom is -0.509 e. The van der Waals surface area contributed by atoms with Gasteiger partial charge in [0.1, 0.15) is 16.3 Å². The zero-order chi connectivity index (χ0) is 17.6. The summed E-state index contributed by atoms with van der Waals surface area (Å²) < 4.78 is 0. The van der Waals surface area contributed by atoms with Crippen molar-refractivity contribution >= 4 is 22.8 Å². The van der Waals surface area contributed by atoms with Gasteiger partial charge in [0.15, 0.2) is 0 Å². The van der Waals surface area contributed by atoms with Gasteiger partial charge in [-0.3, -0.25) is 4.79 Å². The number of carbonyl (C=O) groups is 1. The third-order valence-electron chi connectivity index (χ3n) is 5.31. The lowest BCUT2D eigenvalue weighted by molar-refractivity contribution is -0.116. The molecule has 130 valence electrons. The summed E-state index contributed by atoms with van der Waals surface area (Å²) in [6, 6.07) is 8.20. The Morgan fingerprint density at radius 3 is 2.48 bits per heavy atom. The van der Waals surface area contributed by atoms with E-state index in [0.717, 1.165) is 47.6 Å². The van der Waals surface area contributed by atoms with E-state index in [4.69, 9.17) is 4.98 Å². The number of aliphatic hydroxyl groups excluding tert-OH is 1. The SMILES string of the molecule is Cc1ccc(-c2nc(C3=C(O)C4(CCCCC4)NC3=O)c(C)s2)cc1. The molecule has 0 unspecified atom stereocenters. The van der Waals surface area contributed by atoms with E-state index in [2.05, 4.69) is 24.4 Å². The molecule has 1 saturated carbocycles. The molecule has 2 aliphatic rings. The van der Waals surface area contributed by atoms with Crippen LogP contribution in [0.25, 0.3) is 16.1 Å². The van der Waals surface area contributed by atoms with E-state index < -0.39 is 5.54 Å². The fourth-order valence-electron chi connectivity index (χ4n) is 3.87. The number of aliphatic hydroxyl groups is 1. The standard InChI is InChI=1S/C20H22N2O2S/c1-12-6-8-14(9-7-12)19-21-16(13(2)25-19)15-17(23)20(22-18(15)24)10-4-3-5-11-20/h6-9,23H,3-5,10-11H2,1-2H3,(H,22,24). The van der Waals surface area contributed by atoms with Gasteiger partial charge >= 0.3 is 0 Å². The predicted octanol–water partition coefficient (Wildman–Crippen LogP) is 4.53. The van der Waals surface area contributed by atoms with Crippen LogP contribution >= 0.6 is 11.3 Å². The average Bonchev–Trinajstić information content (AvgIpc) is 3.07. The van der Waals surface area contributed by atoms with Crippen LogP contribution in [0.1, 0.15) is 48.2 Å². The van der Waals surface area contributed by atoms with Crippen LogP contribution in [0.15, 0.2) is 30.0 Å². The molecule has 0 radical (unpaired) electrons. The molecule has 1 aliphatic heterocycles. The zero-order valence-corrected chi connectivity index (χ0v) is 15.4. The highest BCUT2D eigenvalue weighted by molar-refractivity contribution is 7.15. The van der Waals surface area contributed by atoms with Gasteiger partial charge in [0.2, 0.25) is 0 Å². The first-order valence-electron chi connectivity index (χ1n) is 8.81. The molecule has 4 rings (SSSR count). The van der Waals surface area contributed by atoms with Crippen LogP contribution in [0.4, 0.5) is 0 Å². The Bertz CT molecular complexity index is 858. The summed E-state index contributed by atoms with van der Waals surface area (Å²) in [4.78, 5) is 18.3. The van der Waals surface area contributed by atoms with Gasteiger partial charge in [-0.25, -0.2) is 4.98 Å². The first-order valence-corrected chi connectivity index (χ1v) is 9.63. The van der Waals surface area contributed by atoms with E-state index in [1.807, 2.05) is 19.1 Å². The average molecular weight is 354 g/mol. The largest absolute Gasteiger partial charge is 0.509 e. The molecule has 2 aromatic rings. The minimum absolute atomic E-state index is 0.191. The summed E-state index contributed by atoms with van der Waals surface area (Å²) in [6.45, 7) is 4.02. The second kappa shape index (κ2) is 5.99. The fraction of sp³-hybridized carbons (Fsp3) is 0.400. The Labute approximate surface area is 151 Å². The predicted molar refractivity (Wildman–Crippen MR) is 101 cm³/mol. The van der Waals surface area contributed by atoms with Crippen LogP contribution in [0.3, 0.4) is 0 Å². The molecule has 2 N–H and O–H groups in total. The van der Waals surface area contributed by atoms with Crippen LogP contribution in [0.2, 0.25) is 0 Å². The number of aryl methyl sites for hydroxylation is 2. The Balaban J connectivity index is 1.76. The number of hydrogen-bond donors (Lipinski definition) is 2. The second-order valence-electron chi connectivity index (χ2n) is 7.11. The lowest BCUT2D eigenvalue weighted by atomic mass is 9.81. The van der Waals surface area contributed by atoms with E-state index in [-0.39, 0.29) is 11.7 Å². The first-order chi connectivity index (χ1) is 12.0. The van der Waals surface area contributed by atoms with Gasteiger partial charge in [0, 0.05) is 10.4 Å². The van der Waals surface area contributed by atoms with Gasteiger partial charge in [0.25, 0.3) is 5.91 Å². The molecule has 1 aromatic carbocycles. The number of aromatic nitrogens is 1. The van der Waals surface area contributed by atoms with Crippen molar-refractivity contribution in [2.75, 3.05) is 0 Å². The molecule has 0 saturated heterocycles. The summed E-state index contributed by atoms with van der Waals surface area (Å²) in [5, 5.41) is 14.8. The number of carbonyl (C=O) groups excluding carboxylic acids is 1. The molecule has 1 amide bonds. The number of benzene rings is 1. The molecule has 1 fully saturated rings. The van der Waals surface area contributed by atoms with Gasteiger partial charge in [-0.1, -0.05) is 49.1 Å². The van der Waals surface area contributed by atoms with Crippen molar-refractivity contribution in [1.29, 1.82) is 0 Å². The van der Waals surface area contributed by atoms with Crippen LogP contribution in [-0.2, 0) is 4.79 Å². The third kappa shape index (κ3) is 2.67. The lowest BCUT2D eigenvalue weighted by Gasteiger charge is -2.33. The highest BCUT2D eigenvalue weighted by Gasteiger charge is 2.47. The quantitative estimate of drug-likeness (QED) is 0.833. The minimum atomic E-state index is -0.565.